The van der Waals surface area contributed by atoms with Gasteiger partial charge in [-0.1, -0.05) is 50.2 Å². The molecule has 0 aliphatic rings. The second-order valence-corrected chi connectivity index (χ2v) is 8.85. The van der Waals surface area contributed by atoms with Crippen molar-refractivity contribution in [3.05, 3.63) is 113 Å². The SMILES string of the molecule is CC(C)(c1ccc(OC(=O)c2ccc(N)cc2)cc1)c1ccc(-c2cc(N)ccc2C(=O)O)cc1. The molecule has 4 aromatic carbocycles. The van der Waals surface area contributed by atoms with Gasteiger partial charge in [0.1, 0.15) is 5.75 Å². The molecular weight excluding hydrogens is 440 g/mol. The van der Waals surface area contributed by atoms with Crippen molar-refractivity contribution < 1.29 is 19.4 Å². The summed E-state index contributed by atoms with van der Waals surface area (Å²) in [5.74, 6) is -0.999. The van der Waals surface area contributed by atoms with E-state index in [-0.39, 0.29) is 11.0 Å². The average Bonchev–Trinajstić information content (AvgIpc) is 2.84. The Morgan fingerprint density at radius 2 is 1.29 bits per heavy atom. The second kappa shape index (κ2) is 9.35. The molecule has 0 aliphatic carbocycles. The van der Waals surface area contributed by atoms with Crippen LogP contribution in [0.4, 0.5) is 11.4 Å². The Kier molecular flexibility index (Phi) is 6.30. The molecule has 0 heterocycles. The minimum atomic E-state index is -0.999. The standard InChI is InChI=1S/C29H26N2O4/c1-29(2,20-7-3-18(4-8-20)26-17-23(31)13-16-25(26)27(32)33)21-9-14-24(15-10-21)35-28(34)19-5-11-22(30)12-6-19/h3-17H,30-31H2,1-2H3,(H,32,33). The monoisotopic (exact) mass is 466 g/mol. The first-order valence-electron chi connectivity index (χ1n) is 11.1. The van der Waals surface area contributed by atoms with E-state index in [1.54, 1.807) is 48.5 Å². The van der Waals surface area contributed by atoms with Gasteiger partial charge in [0.25, 0.3) is 0 Å². The molecule has 0 aliphatic heterocycles. The lowest BCUT2D eigenvalue weighted by Gasteiger charge is -2.26. The predicted octanol–water partition coefficient (Wildman–Crippen LogP) is 5.76. The summed E-state index contributed by atoms with van der Waals surface area (Å²) in [6.45, 7) is 4.20. The highest BCUT2D eigenvalue weighted by Gasteiger charge is 2.24. The fourth-order valence-corrected chi connectivity index (χ4v) is 3.95. The first-order valence-corrected chi connectivity index (χ1v) is 11.1. The molecule has 6 heteroatoms. The summed E-state index contributed by atoms with van der Waals surface area (Å²) in [5, 5.41) is 9.53. The third-order valence-electron chi connectivity index (χ3n) is 6.12. The number of anilines is 2. The molecule has 0 bridgehead atoms. The van der Waals surface area contributed by atoms with Gasteiger partial charge in [0.15, 0.2) is 0 Å². The maximum absolute atomic E-state index is 12.4. The number of hydrogen-bond donors (Lipinski definition) is 3. The largest absolute Gasteiger partial charge is 0.478 e. The van der Waals surface area contributed by atoms with Gasteiger partial charge >= 0.3 is 11.9 Å². The van der Waals surface area contributed by atoms with Crippen LogP contribution in [0.1, 0.15) is 45.7 Å². The fraction of sp³-hybridized carbons (Fsp3) is 0.103. The average molecular weight is 467 g/mol. The van der Waals surface area contributed by atoms with E-state index in [2.05, 4.69) is 13.8 Å². The lowest BCUT2D eigenvalue weighted by Crippen LogP contribution is -2.18. The van der Waals surface area contributed by atoms with Gasteiger partial charge in [-0.3, -0.25) is 0 Å². The van der Waals surface area contributed by atoms with Crippen molar-refractivity contribution in [2.45, 2.75) is 19.3 Å². The Labute approximate surface area is 203 Å². The molecule has 6 nitrogen and oxygen atoms in total. The lowest BCUT2D eigenvalue weighted by molar-refractivity contribution is 0.0695. The van der Waals surface area contributed by atoms with Crippen molar-refractivity contribution in [3.8, 4) is 16.9 Å². The van der Waals surface area contributed by atoms with Crippen LogP contribution in [-0.4, -0.2) is 17.0 Å². The van der Waals surface area contributed by atoms with E-state index in [0.717, 1.165) is 16.7 Å². The van der Waals surface area contributed by atoms with Crippen molar-refractivity contribution in [1.82, 2.24) is 0 Å². The molecule has 35 heavy (non-hydrogen) atoms. The van der Waals surface area contributed by atoms with Crippen LogP contribution in [0.2, 0.25) is 0 Å². The number of aromatic carboxylic acids is 1. The van der Waals surface area contributed by atoms with Gasteiger partial charge in [0.05, 0.1) is 11.1 Å². The molecule has 0 atom stereocenters. The topological polar surface area (TPSA) is 116 Å². The van der Waals surface area contributed by atoms with Crippen molar-refractivity contribution in [3.63, 3.8) is 0 Å². The van der Waals surface area contributed by atoms with E-state index < -0.39 is 11.9 Å². The number of hydrogen-bond acceptors (Lipinski definition) is 5. The van der Waals surface area contributed by atoms with Crippen LogP contribution in [-0.2, 0) is 5.41 Å². The smallest absolute Gasteiger partial charge is 0.343 e. The van der Waals surface area contributed by atoms with Gasteiger partial charge in [-0.25, -0.2) is 9.59 Å². The van der Waals surface area contributed by atoms with Crippen molar-refractivity contribution in [1.29, 1.82) is 0 Å². The highest BCUT2D eigenvalue weighted by molar-refractivity contribution is 5.97. The number of benzene rings is 4. The van der Waals surface area contributed by atoms with Gasteiger partial charge in [-0.15, -0.1) is 0 Å². The van der Waals surface area contributed by atoms with Crippen molar-refractivity contribution >= 4 is 23.3 Å². The molecule has 0 aromatic heterocycles. The summed E-state index contributed by atoms with van der Waals surface area (Å²) in [6.07, 6.45) is 0. The molecule has 5 N–H and O–H groups in total. The van der Waals surface area contributed by atoms with Crippen molar-refractivity contribution in [2.24, 2.45) is 0 Å². The molecule has 0 fully saturated rings. The van der Waals surface area contributed by atoms with Crippen LogP contribution in [0.5, 0.6) is 5.75 Å². The normalized spacial score (nSPS) is 11.1. The summed E-state index contributed by atoms with van der Waals surface area (Å²) in [4.78, 5) is 24.0. The molecule has 0 saturated heterocycles. The molecule has 0 radical (unpaired) electrons. The molecule has 0 unspecified atom stereocenters. The van der Waals surface area contributed by atoms with Gasteiger partial charge in [0.2, 0.25) is 0 Å². The number of carboxylic acid groups (broad SMARTS) is 1. The Balaban J connectivity index is 1.54. The van der Waals surface area contributed by atoms with Crippen LogP contribution in [0.25, 0.3) is 11.1 Å². The van der Waals surface area contributed by atoms with Crippen LogP contribution in [0, 0.1) is 0 Å². The molecule has 176 valence electrons. The number of esters is 1. The number of nitrogens with two attached hydrogens (primary N) is 2. The summed E-state index contributed by atoms with van der Waals surface area (Å²) < 4.78 is 5.48. The van der Waals surface area contributed by atoms with Gasteiger partial charge in [0, 0.05) is 16.8 Å². The highest BCUT2D eigenvalue weighted by atomic mass is 16.5. The molecule has 4 aromatic rings. The van der Waals surface area contributed by atoms with E-state index in [1.165, 1.54) is 6.07 Å². The summed E-state index contributed by atoms with van der Waals surface area (Å²) in [7, 11) is 0. The Hall–Kier alpha value is -4.58. The quantitative estimate of drug-likeness (QED) is 0.189. The van der Waals surface area contributed by atoms with Crippen molar-refractivity contribution in [2.75, 3.05) is 11.5 Å². The number of ether oxygens (including phenoxy) is 1. The van der Waals surface area contributed by atoms with E-state index in [1.807, 2.05) is 36.4 Å². The number of rotatable bonds is 6. The Morgan fingerprint density at radius 3 is 1.86 bits per heavy atom. The van der Waals surface area contributed by atoms with E-state index in [9.17, 15) is 14.7 Å². The zero-order valence-corrected chi connectivity index (χ0v) is 19.5. The van der Waals surface area contributed by atoms with E-state index in [4.69, 9.17) is 16.2 Å². The number of nitrogen functional groups attached to an aromatic ring is 2. The minimum absolute atomic E-state index is 0.204. The first-order chi connectivity index (χ1) is 16.6. The number of carboxylic acids is 1. The summed E-state index contributed by atoms with van der Waals surface area (Å²) in [6, 6.07) is 26.5. The second-order valence-electron chi connectivity index (χ2n) is 8.85. The number of carbonyl (C=O) groups excluding carboxylic acids is 1. The maximum Gasteiger partial charge on any atom is 0.343 e. The Bertz CT molecular complexity index is 1370. The molecular formula is C29H26N2O4. The van der Waals surface area contributed by atoms with Crippen LogP contribution < -0.4 is 16.2 Å². The van der Waals surface area contributed by atoms with Crippen LogP contribution >= 0.6 is 0 Å². The summed E-state index contributed by atoms with van der Waals surface area (Å²) in [5.41, 5.74) is 16.4. The first kappa shape index (κ1) is 23.6. The minimum Gasteiger partial charge on any atom is -0.478 e. The van der Waals surface area contributed by atoms with Gasteiger partial charge in [-0.05, 0) is 76.9 Å². The lowest BCUT2D eigenvalue weighted by atomic mass is 9.77. The fourth-order valence-electron chi connectivity index (χ4n) is 3.95. The van der Waals surface area contributed by atoms with Gasteiger partial charge < -0.3 is 21.3 Å². The predicted molar refractivity (Wildman–Crippen MR) is 138 cm³/mol. The molecule has 0 amide bonds. The highest BCUT2D eigenvalue weighted by Crippen LogP contribution is 2.34. The van der Waals surface area contributed by atoms with E-state index in [0.29, 0.717) is 28.3 Å². The molecule has 0 saturated carbocycles. The zero-order valence-electron chi connectivity index (χ0n) is 19.5. The molecule has 0 spiro atoms. The summed E-state index contributed by atoms with van der Waals surface area (Å²) >= 11 is 0. The van der Waals surface area contributed by atoms with Gasteiger partial charge in [-0.2, -0.15) is 0 Å². The number of carbonyl (C=O) groups is 2. The third-order valence-corrected chi connectivity index (χ3v) is 6.12. The zero-order chi connectivity index (χ0) is 25.2. The maximum atomic E-state index is 12.4. The molecule has 4 rings (SSSR count). The van der Waals surface area contributed by atoms with Crippen LogP contribution in [0.3, 0.4) is 0 Å². The third kappa shape index (κ3) is 5.01. The van der Waals surface area contributed by atoms with E-state index >= 15 is 0 Å². The van der Waals surface area contributed by atoms with Crippen LogP contribution in [0.15, 0.2) is 91.0 Å². The Morgan fingerprint density at radius 1 is 0.743 bits per heavy atom.